The summed E-state index contributed by atoms with van der Waals surface area (Å²) in [6.45, 7) is 2.96. The van der Waals surface area contributed by atoms with Gasteiger partial charge in [0.15, 0.2) is 0 Å². The number of hydrogen-bond donors (Lipinski definition) is 2. The van der Waals surface area contributed by atoms with Crippen molar-refractivity contribution in [2.24, 2.45) is 0 Å². The van der Waals surface area contributed by atoms with Crippen LogP contribution >= 0.6 is 11.6 Å². The number of nitrogens with one attached hydrogen (secondary N) is 2. The van der Waals surface area contributed by atoms with Crippen LogP contribution < -0.4 is 10.6 Å². The first-order valence-electron chi connectivity index (χ1n) is 7.67. The number of ether oxygens (including phenoxy) is 1. The van der Waals surface area contributed by atoms with Gasteiger partial charge in [-0.25, -0.2) is 0 Å². The molecule has 1 fully saturated rings. The van der Waals surface area contributed by atoms with Gasteiger partial charge in [-0.05, 0) is 29.3 Å². The van der Waals surface area contributed by atoms with E-state index < -0.39 is 0 Å². The van der Waals surface area contributed by atoms with Crippen LogP contribution in [0.25, 0.3) is 0 Å². The molecule has 0 saturated carbocycles. The van der Waals surface area contributed by atoms with Gasteiger partial charge in [0.1, 0.15) is 0 Å². The second-order valence-electron chi connectivity index (χ2n) is 5.50. The number of carbonyl (C=O) groups is 1. The lowest BCUT2D eigenvalue weighted by Gasteiger charge is -2.24. The number of morpholine rings is 1. The molecule has 1 saturated heterocycles. The summed E-state index contributed by atoms with van der Waals surface area (Å²) in [6.07, 6.45) is 0.110. The van der Waals surface area contributed by atoms with E-state index in [0.29, 0.717) is 17.1 Å². The van der Waals surface area contributed by atoms with Gasteiger partial charge in [-0.2, -0.15) is 0 Å². The van der Waals surface area contributed by atoms with Crippen molar-refractivity contribution in [3.05, 3.63) is 70.2 Å². The Labute approximate surface area is 140 Å². The number of rotatable bonds is 4. The monoisotopic (exact) mass is 330 g/mol. The third kappa shape index (κ3) is 4.32. The third-order valence-electron chi connectivity index (χ3n) is 3.82. The van der Waals surface area contributed by atoms with Gasteiger partial charge < -0.3 is 15.4 Å². The number of carbonyl (C=O) groups excluding carboxylic acids is 1. The fourth-order valence-corrected chi connectivity index (χ4v) is 2.73. The Hall–Kier alpha value is -1.88. The summed E-state index contributed by atoms with van der Waals surface area (Å²) >= 11 is 5.90. The lowest BCUT2D eigenvalue weighted by molar-refractivity contribution is 0.0277. The average molecular weight is 331 g/mol. The summed E-state index contributed by atoms with van der Waals surface area (Å²) in [5.74, 6) is -0.128. The molecule has 1 aliphatic rings. The Morgan fingerprint density at radius 2 is 2.09 bits per heavy atom. The standard InChI is InChI=1S/C18H19ClN2O2/c19-16-3-1-2-15(10-16)18(22)21-11-13-4-6-14(7-5-13)17-12-20-8-9-23-17/h1-7,10,17,20H,8-9,11-12H2,(H,21,22)/t17-/m1/s1. The summed E-state index contributed by atoms with van der Waals surface area (Å²) in [5.41, 5.74) is 2.77. The molecule has 3 rings (SSSR count). The van der Waals surface area contributed by atoms with Crippen LogP contribution in [0, 0.1) is 0 Å². The van der Waals surface area contributed by atoms with Crippen molar-refractivity contribution in [3.8, 4) is 0 Å². The van der Waals surface area contributed by atoms with Gasteiger partial charge in [0.05, 0.1) is 12.7 Å². The van der Waals surface area contributed by atoms with Crippen LogP contribution in [0.5, 0.6) is 0 Å². The SMILES string of the molecule is O=C(NCc1ccc([C@H]2CNCCO2)cc1)c1cccc(Cl)c1. The minimum absolute atomic E-state index is 0.110. The lowest BCUT2D eigenvalue weighted by Crippen LogP contribution is -2.33. The molecule has 4 nitrogen and oxygen atoms in total. The van der Waals surface area contributed by atoms with Crippen molar-refractivity contribution in [3.63, 3.8) is 0 Å². The fraction of sp³-hybridized carbons (Fsp3) is 0.278. The highest BCUT2D eigenvalue weighted by Gasteiger charge is 2.15. The van der Waals surface area contributed by atoms with Crippen LogP contribution in [0.1, 0.15) is 27.6 Å². The molecule has 1 heterocycles. The fourth-order valence-electron chi connectivity index (χ4n) is 2.54. The molecule has 120 valence electrons. The van der Waals surface area contributed by atoms with Gasteiger partial charge >= 0.3 is 0 Å². The van der Waals surface area contributed by atoms with Gasteiger partial charge in [0.2, 0.25) is 0 Å². The molecule has 0 bridgehead atoms. The second kappa shape index (κ2) is 7.59. The van der Waals surface area contributed by atoms with Gasteiger partial charge in [-0.3, -0.25) is 4.79 Å². The molecule has 1 amide bonds. The summed E-state index contributed by atoms with van der Waals surface area (Å²) in [7, 11) is 0. The van der Waals surface area contributed by atoms with Crippen LogP contribution in [-0.2, 0) is 11.3 Å². The molecule has 0 unspecified atom stereocenters. The van der Waals surface area contributed by atoms with Crippen LogP contribution in [0.15, 0.2) is 48.5 Å². The number of amides is 1. The molecule has 2 aromatic rings. The van der Waals surface area contributed by atoms with Crippen molar-refractivity contribution in [2.45, 2.75) is 12.6 Å². The van der Waals surface area contributed by atoms with Crippen LogP contribution in [0.3, 0.4) is 0 Å². The quantitative estimate of drug-likeness (QED) is 0.906. The zero-order valence-corrected chi connectivity index (χ0v) is 13.5. The molecule has 2 N–H and O–H groups in total. The van der Waals surface area contributed by atoms with Crippen LogP contribution in [0.2, 0.25) is 5.02 Å². The minimum Gasteiger partial charge on any atom is -0.371 e. The maximum absolute atomic E-state index is 12.1. The molecule has 23 heavy (non-hydrogen) atoms. The largest absolute Gasteiger partial charge is 0.371 e. The molecule has 0 spiro atoms. The highest BCUT2D eigenvalue weighted by molar-refractivity contribution is 6.30. The molecule has 1 aliphatic heterocycles. The minimum atomic E-state index is -0.128. The van der Waals surface area contributed by atoms with E-state index in [1.54, 1.807) is 24.3 Å². The Kier molecular flexibility index (Phi) is 5.28. The number of hydrogen-bond acceptors (Lipinski definition) is 3. The maximum atomic E-state index is 12.1. The molecule has 2 aromatic carbocycles. The van der Waals surface area contributed by atoms with E-state index in [-0.39, 0.29) is 12.0 Å². The first kappa shape index (κ1) is 16.0. The molecule has 1 atom stereocenters. The van der Waals surface area contributed by atoms with E-state index in [2.05, 4.69) is 22.8 Å². The highest BCUT2D eigenvalue weighted by atomic mass is 35.5. The maximum Gasteiger partial charge on any atom is 0.251 e. The van der Waals surface area contributed by atoms with E-state index in [0.717, 1.165) is 30.8 Å². The molecular formula is C18H19ClN2O2. The predicted octanol–water partition coefficient (Wildman–Crippen LogP) is 2.93. The Balaban J connectivity index is 1.57. The third-order valence-corrected chi connectivity index (χ3v) is 4.05. The summed E-state index contributed by atoms with van der Waals surface area (Å²) in [6, 6.07) is 15.1. The Morgan fingerprint density at radius 3 is 2.78 bits per heavy atom. The average Bonchev–Trinajstić information content (AvgIpc) is 2.61. The molecule has 5 heteroatoms. The zero-order valence-electron chi connectivity index (χ0n) is 12.7. The highest BCUT2D eigenvalue weighted by Crippen LogP contribution is 2.19. The molecular weight excluding hydrogens is 312 g/mol. The molecule has 0 aromatic heterocycles. The summed E-state index contributed by atoms with van der Waals surface area (Å²) < 4.78 is 5.73. The van der Waals surface area contributed by atoms with Crippen molar-refractivity contribution in [1.29, 1.82) is 0 Å². The number of benzene rings is 2. The van der Waals surface area contributed by atoms with Gasteiger partial charge in [0, 0.05) is 30.2 Å². The van der Waals surface area contributed by atoms with Crippen LogP contribution in [-0.4, -0.2) is 25.6 Å². The number of halogens is 1. The first-order chi connectivity index (χ1) is 11.2. The van der Waals surface area contributed by atoms with Crippen molar-refractivity contribution < 1.29 is 9.53 Å². The first-order valence-corrected chi connectivity index (χ1v) is 8.05. The summed E-state index contributed by atoms with van der Waals surface area (Å²) in [5, 5.41) is 6.78. The lowest BCUT2D eigenvalue weighted by atomic mass is 10.1. The second-order valence-corrected chi connectivity index (χ2v) is 5.93. The van der Waals surface area contributed by atoms with Crippen molar-refractivity contribution in [1.82, 2.24) is 10.6 Å². The van der Waals surface area contributed by atoms with Gasteiger partial charge in [0.25, 0.3) is 5.91 Å². The van der Waals surface area contributed by atoms with Crippen molar-refractivity contribution >= 4 is 17.5 Å². The topological polar surface area (TPSA) is 50.4 Å². The normalized spacial score (nSPS) is 17.7. The molecule has 0 aliphatic carbocycles. The predicted molar refractivity (Wildman–Crippen MR) is 90.6 cm³/mol. The van der Waals surface area contributed by atoms with Gasteiger partial charge in [-0.15, -0.1) is 0 Å². The smallest absolute Gasteiger partial charge is 0.251 e. The zero-order chi connectivity index (χ0) is 16.1. The van der Waals surface area contributed by atoms with Crippen LogP contribution in [0.4, 0.5) is 0 Å². The van der Waals surface area contributed by atoms with E-state index in [1.165, 1.54) is 0 Å². The van der Waals surface area contributed by atoms with Gasteiger partial charge in [-0.1, -0.05) is 41.9 Å². The van der Waals surface area contributed by atoms with E-state index in [1.807, 2.05) is 12.1 Å². The Morgan fingerprint density at radius 1 is 1.26 bits per heavy atom. The Bertz CT molecular complexity index is 667. The van der Waals surface area contributed by atoms with E-state index in [4.69, 9.17) is 16.3 Å². The van der Waals surface area contributed by atoms with E-state index >= 15 is 0 Å². The van der Waals surface area contributed by atoms with Crippen molar-refractivity contribution in [2.75, 3.05) is 19.7 Å². The summed E-state index contributed by atoms with van der Waals surface area (Å²) in [4.78, 5) is 12.1. The van der Waals surface area contributed by atoms with E-state index in [9.17, 15) is 4.79 Å². The molecule has 0 radical (unpaired) electrons.